The van der Waals surface area contributed by atoms with Crippen molar-refractivity contribution in [1.29, 1.82) is 0 Å². The summed E-state index contributed by atoms with van der Waals surface area (Å²) in [5, 5.41) is 0. The highest BCUT2D eigenvalue weighted by atomic mass is 14.7. The standard InChI is InChI=1S/C6H11N/c1-4-5-6(2)7-3/h2-5H2,1H3. The van der Waals surface area contributed by atoms with E-state index in [0.717, 1.165) is 18.5 Å². The molecule has 0 N–H and O–H groups in total. The van der Waals surface area contributed by atoms with Gasteiger partial charge >= 0.3 is 0 Å². The fourth-order valence-corrected chi connectivity index (χ4v) is 0.368. The molecule has 0 aromatic heterocycles. The number of rotatable bonds is 3. The van der Waals surface area contributed by atoms with Crippen LogP contribution in [0.5, 0.6) is 0 Å². The van der Waals surface area contributed by atoms with Crippen molar-refractivity contribution < 1.29 is 0 Å². The van der Waals surface area contributed by atoms with Gasteiger partial charge in [0.05, 0.1) is 0 Å². The summed E-state index contributed by atoms with van der Waals surface area (Å²) in [5.41, 5.74) is 0.891. The molecule has 0 saturated heterocycles. The lowest BCUT2D eigenvalue weighted by Crippen LogP contribution is -1.70. The van der Waals surface area contributed by atoms with E-state index in [1.807, 2.05) is 0 Å². The third-order valence-electron chi connectivity index (χ3n) is 0.762. The lowest BCUT2D eigenvalue weighted by Gasteiger charge is -1.89. The highest BCUT2D eigenvalue weighted by molar-refractivity contribution is 5.27. The summed E-state index contributed by atoms with van der Waals surface area (Å²) >= 11 is 0. The van der Waals surface area contributed by atoms with Gasteiger partial charge in [0.15, 0.2) is 0 Å². The fraction of sp³-hybridized carbons (Fsp3) is 0.500. The van der Waals surface area contributed by atoms with Crippen molar-refractivity contribution in [1.82, 2.24) is 0 Å². The predicted octanol–water partition coefficient (Wildman–Crippen LogP) is 2.00. The Balaban J connectivity index is 3.17. The number of hydrogen-bond acceptors (Lipinski definition) is 1. The average molecular weight is 97.2 g/mol. The van der Waals surface area contributed by atoms with Crippen molar-refractivity contribution in [3.05, 3.63) is 12.3 Å². The quantitative estimate of drug-likeness (QED) is 0.477. The van der Waals surface area contributed by atoms with Crippen molar-refractivity contribution in [3.63, 3.8) is 0 Å². The number of aliphatic imine (C=N–C) groups is 1. The fourth-order valence-electron chi connectivity index (χ4n) is 0.368. The highest BCUT2D eigenvalue weighted by Crippen LogP contribution is 1.99. The molecule has 40 valence electrons. The van der Waals surface area contributed by atoms with E-state index in [1.165, 1.54) is 0 Å². The van der Waals surface area contributed by atoms with E-state index in [-0.39, 0.29) is 0 Å². The van der Waals surface area contributed by atoms with E-state index in [1.54, 1.807) is 0 Å². The SMILES string of the molecule is C=NC(=C)CCC. The molecule has 0 rings (SSSR count). The third-order valence-corrected chi connectivity index (χ3v) is 0.762. The largest absolute Gasteiger partial charge is 0.270 e. The molecule has 1 heteroatoms. The van der Waals surface area contributed by atoms with E-state index >= 15 is 0 Å². The Morgan fingerprint density at radius 2 is 2.29 bits per heavy atom. The van der Waals surface area contributed by atoms with Crippen molar-refractivity contribution in [2.45, 2.75) is 19.8 Å². The zero-order valence-corrected chi connectivity index (χ0v) is 4.78. The lowest BCUT2D eigenvalue weighted by molar-refractivity contribution is 0.900. The zero-order chi connectivity index (χ0) is 5.70. The number of nitrogens with zero attached hydrogens (tertiary/aromatic N) is 1. The van der Waals surface area contributed by atoms with Gasteiger partial charge in [-0.3, -0.25) is 4.99 Å². The monoisotopic (exact) mass is 97.1 g/mol. The van der Waals surface area contributed by atoms with E-state index in [4.69, 9.17) is 0 Å². The predicted molar refractivity (Wildman–Crippen MR) is 33.6 cm³/mol. The molecule has 0 aromatic rings. The van der Waals surface area contributed by atoms with Crippen LogP contribution in [0.4, 0.5) is 0 Å². The van der Waals surface area contributed by atoms with Gasteiger partial charge in [-0.1, -0.05) is 19.9 Å². The van der Waals surface area contributed by atoms with Gasteiger partial charge in [0.25, 0.3) is 0 Å². The number of allylic oxidation sites excluding steroid dienone is 1. The van der Waals surface area contributed by atoms with Crippen molar-refractivity contribution >= 4 is 6.72 Å². The summed E-state index contributed by atoms with van der Waals surface area (Å²) < 4.78 is 0. The minimum absolute atomic E-state index is 0.891. The van der Waals surface area contributed by atoms with Crippen LogP contribution in [0.25, 0.3) is 0 Å². The summed E-state index contributed by atoms with van der Waals surface area (Å²) in [4.78, 5) is 3.63. The Bertz CT molecular complexity index is 74.2. The van der Waals surface area contributed by atoms with Crippen LogP contribution in [0.2, 0.25) is 0 Å². The van der Waals surface area contributed by atoms with E-state index in [0.29, 0.717) is 0 Å². The first-order valence-corrected chi connectivity index (χ1v) is 2.45. The lowest BCUT2D eigenvalue weighted by atomic mass is 10.3. The van der Waals surface area contributed by atoms with Crippen LogP contribution in [0.3, 0.4) is 0 Å². The van der Waals surface area contributed by atoms with E-state index in [9.17, 15) is 0 Å². The Morgan fingerprint density at radius 3 is 2.43 bits per heavy atom. The molecule has 0 amide bonds. The molecule has 0 unspecified atom stereocenters. The van der Waals surface area contributed by atoms with Crippen LogP contribution < -0.4 is 0 Å². The normalized spacial score (nSPS) is 8.14. The van der Waals surface area contributed by atoms with Gasteiger partial charge in [0.2, 0.25) is 0 Å². The Labute approximate surface area is 44.8 Å². The molecule has 0 bridgehead atoms. The summed E-state index contributed by atoms with van der Waals surface area (Å²) in [5.74, 6) is 0. The maximum absolute atomic E-state index is 3.63. The van der Waals surface area contributed by atoms with Crippen LogP contribution in [0.1, 0.15) is 19.8 Å². The van der Waals surface area contributed by atoms with Gasteiger partial charge in [0, 0.05) is 5.70 Å². The van der Waals surface area contributed by atoms with Crippen LogP contribution >= 0.6 is 0 Å². The van der Waals surface area contributed by atoms with Gasteiger partial charge in [0.1, 0.15) is 0 Å². The van der Waals surface area contributed by atoms with Crippen LogP contribution in [-0.4, -0.2) is 6.72 Å². The number of hydrogen-bond donors (Lipinski definition) is 0. The minimum Gasteiger partial charge on any atom is -0.270 e. The second-order valence-corrected chi connectivity index (χ2v) is 1.47. The second kappa shape index (κ2) is 3.59. The summed E-state index contributed by atoms with van der Waals surface area (Å²) in [6, 6.07) is 0. The minimum atomic E-state index is 0.891. The van der Waals surface area contributed by atoms with Crippen molar-refractivity contribution in [2.24, 2.45) is 4.99 Å². The smallest absolute Gasteiger partial charge is 0.0324 e. The molecule has 0 spiro atoms. The molecule has 0 aliphatic heterocycles. The van der Waals surface area contributed by atoms with Gasteiger partial charge in [-0.2, -0.15) is 0 Å². The van der Waals surface area contributed by atoms with Crippen molar-refractivity contribution in [3.8, 4) is 0 Å². The first-order chi connectivity index (χ1) is 3.31. The maximum atomic E-state index is 3.63. The topological polar surface area (TPSA) is 12.4 Å². The molecule has 0 aliphatic carbocycles. The Hall–Kier alpha value is -0.590. The third kappa shape index (κ3) is 3.23. The maximum Gasteiger partial charge on any atom is 0.0324 e. The van der Waals surface area contributed by atoms with Gasteiger partial charge in [-0.05, 0) is 13.1 Å². The second-order valence-electron chi connectivity index (χ2n) is 1.47. The van der Waals surface area contributed by atoms with Crippen LogP contribution in [0.15, 0.2) is 17.3 Å². The Morgan fingerprint density at radius 1 is 1.71 bits per heavy atom. The van der Waals surface area contributed by atoms with Gasteiger partial charge in [-0.25, -0.2) is 0 Å². The molecule has 0 aliphatic rings. The molecule has 0 radical (unpaired) electrons. The molecular formula is C6H11N. The van der Waals surface area contributed by atoms with Gasteiger partial charge in [-0.15, -0.1) is 0 Å². The molecule has 0 saturated carbocycles. The van der Waals surface area contributed by atoms with Crippen LogP contribution in [0, 0.1) is 0 Å². The van der Waals surface area contributed by atoms with Gasteiger partial charge < -0.3 is 0 Å². The Kier molecular flexibility index (Phi) is 3.29. The summed E-state index contributed by atoms with van der Waals surface area (Å²) in [6.45, 7) is 9.06. The first-order valence-electron chi connectivity index (χ1n) is 2.45. The van der Waals surface area contributed by atoms with E-state index < -0.39 is 0 Å². The molecule has 0 aromatic carbocycles. The van der Waals surface area contributed by atoms with Crippen LogP contribution in [-0.2, 0) is 0 Å². The highest BCUT2D eigenvalue weighted by Gasteiger charge is 1.81. The molecule has 0 heterocycles. The zero-order valence-electron chi connectivity index (χ0n) is 4.78. The first kappa shape index (κ1) is 6.41. The average Bonchev–Trinajstić information content (AvgIpc) is 1.68. The summed E-state index contributed by atoms with van der Waals surface area (Å²) in [6.07, 6.45) is 2.08. The molecule has 0 fully saturated rings. The van der Waals surface area contributed by atoms with Crippen molar-refractivity contribution in [2.75, 3.05) is 0 Å². The summed E-state index contributed by atoms with van der Waals surface area (Å²) in [7, 11) is 0. The molecule has 1 nitrogen and oxygen atoms in total. The molecule has 0 atom stereocenters. The molecule has 7 heavy (non-hydrogen) atoms. The van der Waals surface area contributed by atoms with E-state index in [2.05, 4.69) is 25.2 Å². The molecular weight excluding hydrogens is 86.1 g/mol.